The summed E-state index contributed by atoms with van der Waals surface area (Å²) in [7, 11) is 2.31. The topological polar surface area (TPSA) is 77.0 Å². The van der Waals surface area contributed by atoms with Crippen LogP contribution in [0.3, 0.4) is 0 Å². The first-order chi connectivity index (χ1) is 11.1. The van der Waals surface area contributed by atoms with Crippen molar-refractivity contribution in [1.29, 1.82) is 5.26 Å². The molecule has 24 heavy (non-hydrogen) atoms. The summed E-state index contributed by atoms with van der Waals surface area (Å²) in [6.45, 7) is 0. The molecule has 1 heterocycles. The third-order valence-corrected chi connectivity index (χ3v) is 3.18. The fraction of sp³-hybridized carbons (Fsp3) is 0.214. The smallest absolute Gasteiger partial charge is 0.419 e. The SMILES string of the molecule is Cn1c(Oc2ccc(F)c(C(F)(F)F)c2)c(C#N)c(=O)n(C)c1=O. The Morgan fingerprint density at radius 3 is 2.33 bits per heavy atom. The van der Waals surface area contributed by atoms with Crippen LogP contribution in [0.25, 0.3) is 0 Å². The van der Waals surface area contributed by atoms with E-state index in [1.165, 1.54) is 13.1 Å². The van der Waals surface area contributed by atoms with Crippen molar-refractivity contribution in [2.24, 2.45) is 14.1 Å². The maximum absolute atomic E-state index is 13.3. The Kier molecular flexibility index (Phi) is 4.20. The van der Waals surface area contributed by atoms with E-state index in [0.29, 0.717) is 16.7 Å². The summed E-state index contributed by atoms with van der Waals surface area (Å²) >= 11 is 0. The minimum absolute atomic E-state index is 0.373. The number of nitriles is 1. The Bertz CT molecular complexity index is 967. The number of halogens is 4. The van der Waals surface area contributed by atoms with E-state index in [1.807, 2.05) is 0 Å². The van der Waals surface area contributed by atoms with Gasteiger partial charge in [-0.1, -0.05) is 0 Å². The summed E-state index contributed by atoms with van der Waals surface area (Å²) in [4.78, 5) is 23.7. The van der Waals surface area contributed by atoms with Gasteiger partial charge in [-0.3, -0.25) is 13.9 Å². The van der Waals surface area contributed by atoms with Gasteiger partial charge in [0.05, 0.1) is 5.56 Å². The van der Waals surface area contributed by atoms with E-state index in [2.05, 4.69) is 0 Å². The summed E-state index contributed by atoms with van der Waals surface area (Å²) < 4.78 is 58.0. The molecule has 0 saturated carbocycles. The first-order valence-corrected chi connectivity index (χ1v) is 6.32. The zero-order valence-electron chi connectivity index (χ0n) is 12.3. The molecule has 0 radical (unpaired) electrons. The summed E-state index contributed by atoms with van der Waals surface area (Å²) in [5, 5.41) is 9.05. The molecular weight excluding hydrogens is 334 g/mol. The first kappa shape index (κ1) is 17.3. The molecule has 0 atom stereocenters. The van der Waals surface area contributed by atoms with Crippen LogP contribution in [0.1, 0.15) is 11.1 Å². The van der Waals surface area contributed by atoms with Gasteiger partial charge >= 0.3 is 11.9 Å². The highest BCUT2D eigenvalue weighted by atomic mass is 19.4. The van der Waals surface area contributed by atoms with Gasteiger partial charge in [0.15, 0.2) is 5.56 Å². The van der Waals surface area contributed by atoms with Gasteiger partial charge in [-0.15, -0.1) is 0 Å². The molecule has 10 heteroatoms. The monoisotopic (exact) mass is 343 g/mol. The number of aromatic nitrogens is 2. The predicted molar refractivity (Wildman–Crippen MR) is 73.1 cm³/mol. The lowest BCUT2D eigenvalue weighted by Gasteiger charge is -2.14. The summed E-state index contributed by atoms with van der Waals surface area (Å²) in [5.41, 5.74) is -3.95. The molecule has 0 bridgehead atoms. The minimum Gasteiger partial charge on any atom is -0.439 e. The Balaban J connectivity index is 2.64. The zero-order chi connectivity index (χ0) is 18.2. The molecule has 0 amide bonds. The largest absolute Gasteiger partial charge is 0.439 e. The number of hydrogen-bond acceptors (Lipinski definition) is 4. The van der Waals surface area contributed by atoms with Crippen LogP contribution in [-0.2, 0) is 20.3 Å². The molecule has 0 N–H and O–H groups in total. The number of ether oxygens (including phenoxy) is 1. The lowest BCUT2D eigenvalue weighted by molar-refractivity contribution is -0.140. The molecule has 1 aromatic heterocycles. The third kappa shape index (κ3) is 2.88. The van der Waals surface area contributed by atoms with Crippen LogP contribution in [0.5, 0.6) is 11.6 Å². The quantitative estimate of drug-likeness (QED) is 0.781. The second kappa shape index (κ2) is 5.84. The molecule has 0 unspecified atom stereocenters. The molecule has 2 aromatic rings. The van der Waals surface area contributed by atoms with Crippen molar-refractivity contribution < 1.29 is 22.3 Å². The van der Waals surface area contributed by atoms with Gasteiger partial charge in [-0.25, -0.2) is 9.18 Å². The average Bonchev–Trinajstić information content (AvgIpc) is 2.51. The molecule has 2 rings (SSSR count). The van der Waals surface area contributed by atoms with Crippen molar-refractivity contribution in [2.45, 2.75) is 6.18 Å². The van der Waals surface area contributed by atoms with Crippen molar-refractivity contribution in [3.63, 3.8) is 0 Å². The number of hydrogen-bond donors (Lipinski definition) is 0. The van der Waals surface area contributed by atoms with Gasteiger partial charge in [-0.05, 0) is 18.2 Å². The molecule has 0 aliphatic heterocycles. The second-order valence-electron chi connectivity index (χ2n) is 4.74. The van der Waals surface area contributed by atoms with Crippen LogP contribution in [0.15, 0.2) is 27.8 Å². The maximum atomic E-state index is 13.3. The van der Waals surface area contributed by atoms with Crippen molar-refractivity contribution >= 4 is 0 Å². The van der Waals surface area contributed by atoms with Gasteiger partial charge in [0.25, 0.3) is 5.56 Å². The number of rotatable bonds is 2. The summed E-state index contributed by atoms with van der Waals surface area (Å²) in [6, 6.07) is 3.32. The number of benzene rings is 1. The third-order valence-electron chi connectivity index (χ3n) is 3.18. The van der Waals surface area contributed by atoms with Crippen LogP contribution in [0, 0.1) is 17.1 Å². The van der Waals surface area contributed by atoms with Gasteiger partial charge in [-0.2, -0.15) is 18.4 Å². The van der Waals surface area contributed by atoms with Crippen LogP contribution in [0.2, 0.25) is 0 Å². The number of alkyl halides is 3. The van der Waals surface area contributed by atoms with Gasteiger partial charge in [0.1, 0.15) is 17.6 Å². The van der Waals surface area contributed by atoms with Crippen molar-refractivity contribution in [3.05, 3.63) is 56.0 Å². The minimum atomic E-state index is -4.96. The van der Waals surface area contributed by atoms with Crippen molar-refractivity contribution in [2.75, 3.05) is 0 Å². The summed E-state index contributed by atoms with van der Waals surface area (Å²) in [6.07, 6.45) is -4.96. The van der Waals surface area contributed by atoms with Crippen LogP contribution in [0.4, 0.5) is 17.6 Å². The molecule has 0 aliphatic rings. The van der Waals surface area contributed by atoms with Crippen molar-refractivity contribution in [3.8, 4) is 17.7 Å². The Morgan fingerprint density at radius 2 is 1.79 bits per heavy atom. The lowest BCUT2D eigenvalue weighted by atomic mass is 10.2. The number of nitrogens with zero attached hydrogens (tertiary/aromatic N) is 3. The van der Waals surface area contributed by atoms with Gasteiger partial charge in [0.2, 0.25) is 5.88 Å². The standard InChI is InChI=1S/C14H9F4N3O3/c1-20-11(22)8(6-19)12(21(2)13(20)23)24-7-3-4-10(15)9(5-7)14(16,17)18/h3-5H,1-2H3. The van der Waals surface area contributed by atoms with E-state index >= 15 is 0 Å². The molecular formula is C14H9F4N3O3. The van der Waals surface area contributed by atoms with Crippen LogP contribution >= 0.6 is 0 Å². The highest BCUT2D eigenvalue weighted by molar-refractivity contribution is 5.41. The van der Waals surface area contributed by atoms with E-state index in [-0.39, 0.29) is 0 Å². The van der Waals surface area contributed by atoms with E-state index in [9.17, 15) is 27.2 Å². The van der Waals surface area contributed by atoms with E-state index in [4.69, 9.17) is 10.00 Å². The fourth-order valence-corrected chi connectivity index (χ4v) is 1.94. The van der Waals surface area contributed by atoms with Gasteiger partial charge in [0, 0.05) is 14.1 Å². The first-order valence-electron chi connectivity index (χ1n) is 6.32. The van der Waals surface area contributed by atoms with E-state index < -0.39 is 46.0 Å². The molecule has 126 valence electrons. The summed E-state index contributed by atoms with van der Waals surface area (Å²) in [5.74, 6) is -2.53. The van der Waals surface area contributed by atoms with E-state index in [0.717, 1.165) is 17.7 Å². The Labute approximate surface area is 131 Å². The Hall–Kier alpha value is -3.09. The lowest BCUT2D eigenvalue weighted by Crippen LogP contribution is -2.38. The average molecular weight is 343 g/mol. The fourth-order valence-electron chi connectivity index (χ4n) is 1.94. The zero-order valence-corrected chi connectivity index (χ0v) is 12.3. The molecule has 0 saturated heterocycles. The Morgan fingerprint density at radius 1 is 1.17 bits per heavy atom. The van der Waals surface area contributed by atoms with E-state index in [1.54, 1.807) is 0 Å². The van der Waals surface area contributed by atoms with Crippen LogP contribution < -0.4 is 16.0 Å². The molecule has 0 aliphatic carbocycles. The predicted octanol–water partition coefficient (Wildman–Crippen LogP) is 1.91. The maximum Gasteiger partial charge on any atom is 0.419 e. The highest BCUT2D eigenvalue weighted by Crippen LogP contribution is 2.34. The second-order valence-corrected chi connectivity index (χ2v) is 4.74. The van der Waals surface area contributed by atoms with Crippen molar-refractivity contribution in [1.82, 2.24) is 9.13 Å². The van der Waals surface area contributed by atoms with Gasteiger partial charge < -0.3 is 4.74 Å². The molecule has 6 nitrogen and oxygen atoms in total. The van der Waals surface area contributed by atoms with Crippen LogP contribution in [-0.4, -0.2) is 9.13 Å². The molecule has 1 aromatic carbocycles. The highest BCUT2D eigenvalue weighted by Gasteiger charge is 2.34. The normalized spacial score (nSPS) is 11.2. The molecule has 0 spiro atoms. The molecule has 0 fully saturated rings.